The van der Waals surface area contributed by atoms with Crippen molar-refractivity contribution in [2.45, 2.75) is 43.8 Å². The highest BCUT2D eigenvalue weighted by molar-refractivity contribution is 7.09. The van der Waals surface area contributed by atoms with E-state index in [-0.39, 0.29) is 30.4 Å². The van der Waals surface area contributed by atoms with E-state index in [1.807, 2.05) is 6.07 Å². The van der Waals surface area contributed by atoms with Crippen LogP contribution in [0.5, 0.6) is 0 Å². The van der Waals surface area contributed by atoms with Crippen LogP contribution in [0.4, 0.5) is 10.2 Å². The number of nitrogens with zero attached hydrogens (tertiary/aromatic N) is 2. The van der Waals surface area contributed by atoms with Gasteiger partial charge in [0.25, 0.3) is 5.91 Å². The summed E-state index contributed by atoms with van der Waals surface area (Å²) in [6, 6.07) is 1.62. The molecule has 27 heavy (non-hydrogen) atoms. The second-order valence-corrected chi connectivity index (χ2v) is 8.13. The SMILES string of the molecule is NC1COCCC1Nc1nc(-c2cc(C3CC3)ns2)c2c(c1F)CNC2=O. The van der Waals surface area contributed by atoms with E-state index < -0.39 is 5.82 Å². The maximum absolute atomic E-state index is 15.1. The van der Waals surface area contributed by atoms with E-state index in [0.717, 1.165) is 23.4 Å². The molecule has 0 bridgehead atoms. The van der Waals surface area contributed by atoms with Crippen LogP contribution in [-0.2, 0) is 11.3 Å². The molecule has 4 N–H and O–H groups in total. The van der Waals surface area contributed by atoms with Crippen molar-refractivity contribution >= 4 is 23.3 Å². The maximum atomic E-state index is 15.1. The van der Waals surface area contributed by atoms with E-state index in [1.54, 1.807) is 0 Å². The Labute approximate surface area is 159 Å². The van der Waals surface area contributed by atoms with Crippen LogP contribution in [-0.4, -0.2) is 40.6 Å². The van der Waals surface area contributed by atoms with E-state index in [9.17, 15) is 4.79 Å². The Kier molecular flexibility index (Phi) is 4.10. The average Bonchev–Trinajstić information content (AvgIpc) is 3.27. The van der Waals surface area contributed by atoms with Gasteiger partial charge in [0.2, 0.25) is 0 Å². The Hall–Kier alpha value is -2.10. The number of anilines is 1. The van der Waals surface area contributed by atoms with Crippen molar-refractivity contribution in [3.05, 3.63) is 28.7 Å². The molecule has 2 aliphatic heterocycles. The average molecular weight is 389 g/mol. The molecule has 2 unspecified atom stereocenters. The van der Waals surface area contributed by atoms with Crippen molar-refractivity contribution in [2.24, 2.45) is 5.73 Å². The molecule has 9 heteroatoms. The second kappa shape index (κ2) is 6.50. The molecular weight excluding hydrogens is 369 g/mol. The normalized spacial score (nSPS) is 24.6. The predicted molar refractivity (Wildman–Crippen MR) is 99.3 cm³/mol. The van der Waals surface area contributed by atoms with Crippen LogP contribution in [0.3, 0.4) is 0 Å². The molecule has 7 nitrogen and oxygen atoms in total. The van der Waals surface area contributed by atoms with Crippen molar-refractivity contribution in [3.8, 4) is 10.6 Å². The lowest BCUT2D eigenvalue weighted by atomic mass is 10.0. The summed E-state index contributed by atoms with van der Waals surface area (Å²) in [4.78, 5) is 17.6. The first-order valence-corrected chi connectivity index (χ1v) is 9.96. The van der Waals surface area contributed by atoms with Gasteiger partial charge in [-0.1, -0.05) is 0 Å². The van der Waals surface area contributed by atoms with Gasteiger partial charge in [0.15, 0.2) is 11.6 Å². The number of pyridine rings is 1. The quantitative estimate of drug-likeness (QED) is 0.739. The molecule has 1 aliphatic carbocycles. The predicted octanol–water partition coefficient (Wildman–Crippen LogP) is 1.99. The first kappa shape index (κ1) is 17.0. The fourth-order valence-corrected chi connectivity index (χ4v) is 4.45. The minimum Gasteiger partial charge on any atom is -0.380 e. The lowest BCUT2D eigenvalue weighted by Crippen LogP contribution is -2.48. The molecule has 1 saturated heterocycles. The topological polar surface area (TPSA) is 102 Å². The number of halogens is 1. The van der Waals surface area contributed by atoms with E-state index >= 15 is 4.39 Å². The van der Waals surface area contributed by atoms with Crippen LogP contribution in [0, 0.1) is 5.82 Å². The highest BCUT2D eigenvalue weighted by Crippen LogP contribution is 2.43. The Bertz CT molecular complexity index is 913. The van der Waals surface area contributed by atoms with Gasteiger partial charge in [-0.3, -0.25) is 4.79 Å². The number of rotatable bonds is 4. The molecule has 1 saturated carbocycles. The molecule has 3 aliphatic rings. The molecule has 2 fully saturated rings. The molecule has 0 radical (unpaired) electrons. The summed E-state index contributed by atoms with van der Waals surface area (Å²) >= 11 is 1.31. The number of hydrogen-bond donors (Lipinski definition) is 3. The Morgan fingerprint density at radius 2 is 2.22 bits per heavy atom. The van der Waals surface area contributed by atoms with Gasteiger partial charge in [0.05, 0.1) is 28.4 Å². The van der Waals surface area contributed by atoms with Crippen molar-refractivity contribution in [2.75, 3.05) is 18.5 Å². The number of fused-ring (bicyclic) bond motifs is 1. The Morgan fingerprint density at radius 3 is 3.00 bits per heavy atom. The third-order valence-electron chi connectivity index (χ3n) is 5.37. The smallest absolute Gasteiger partial charge is 0.254 e. The monoisotopic (exact) mass is 389 g/mol. The van der Waals surface area contributed by atoms with Crippen LogP contribution in [0.25, 0.3) is 10.6 Å². The summed E-state index contributed by atoms with van der Waals surface area (Å²) < 4.78 is 24.9. The molecule has 2 aromatic heterocycles. The minimum absolute atomic E-state index is 0.125. The number of hydrogen-bond acceptors (Lipinski definition) is 7. The molecule has 2 aromatic rings. The molecular formula is C18H20FN5O2S. The highest BCUT2D eigenvalue weighted by atomic mass is 32.1. The molecule has 4 heterocycles. The molecule has 1 amide bonds. The van der Waals surface area contributed by atoms with E-state index in [2.05, 4.69) is 20.0 Å². The third kappa shape index (κ3) is 2.99. The highest BCUT2D eigenvalue weighted by Gasteiger charge is 2.33. The van der Waals surface area contributed by atoms with E-state index in [4.69, 9.17) is 10.5 Å². The zero-order valence-electron chi connectivity index (χ0n) is 14.6. The Balaban J connectivity index is 1.56. The van der Waals surface area contributed by atoms with Gasteiger partial charge < -0.3 is 21.1 Å². The maximum Gasteiger partial charge on any atom is 0.254 e. The molecule has 5 rings (SSSR count). The fraction of sp³-hybridized carbons (Fsp3) is 0.500. The van der Waals surface area contributed by atoms with Crippen LogP contribution in [0.2, 0.25) is 0 Å². The van der Waals surface area contributed by atoms with Gasteiger partial charge in [-0.05, 0) is 36.9 Å². The number of amides is 1. The van der Waals surface area contributed by atoms with E-state index in [1.165, 1.54) is 11.5 Å². The van der Waals surface area contributed by atoms with Gasteiger partial charge in [-0.2, -0.15) is 4.37 Å². The largest absolute Gasteiger partial charge is 0.380 e. The number of ether oxygens (including phenoxy) is 1. The number of aromatic nitrogens is 2. The summed E-state index contributed by atoms with van der Waals surface area (Å²) in [5, 5.41) is 5.86. The van der Waals surface area contributed by atoms with Gasteiger partial charge in [0, 0.05) is 36.7 Å². The lowest BCUT2D eigenvalue weighted by molar-refractivity contribution is 0.0751. The van der Waals surface area contributed by atoms with Gasteiger partial charge in [-0.15, -0.1) is 0 Å². The number of carbonyl (C=O) groups is 1. The van der Waals surface area contributed by atoms with Crippen molar-refractivity contribution in [1.82, 2.24) is 14.7 Å². The van der Waals surface area contributed by atoms with Crippen LogP contribution in [0.1, 0.15) is 46.8 Å². The molecule has 0 spiro atoms. The second-order valence-electron chi connectivity index (χ2n) is 7.33. The molecule has 142 valence electrons. The molecule has 0 aromatic carbocycles. The van der Waals surface area contributed by atoms with Crippen LogP contribution < -0.4 is 16.4 Å². The number of nitrogens with two attached hydrogens (primary N) is 1. The van der Waals surface area contributed by atoms with Crippen molar-refractivity contribution in [3.63, 3.8) is 0 Å². The van der Waals surface area contributed by atoms with Crippen LogP contribution in [0.15, 0.2) is 6.07 Å². The first-order valence-electron chi connectivity index (χ1n) is 9.19. The van der Waals surface area contributed by atoms with Crippen molar-refractivity contribution < 1.29 is 13.9 Å². The minimum atomic E-state index is -0.488. The fourth-order valence-electron chi connectivity index (χ4n) is 3.64. The standard InChI is InChI=1S/C18H20FN5O2S/c19-15-9-6-21-18(25)14(9)16(13-5-12(24-27-13)8-1-2-8)23-17(15)22-11-3-4-26-7-10(11)20/h5,8,10-11H,1-4,6-7,20H2,(H,21,25)(H,22,23). The van der Waals surface area contributed by atoms with Gasteiger partial charge in [-0.25, -0.2) is 9.37 Å². The first-order chi connectivity index (χ1) is 13.1. The number of carbonyl (C=O) groups excluding carboxylic acids is 1. The zero-order valence-corrected chi connectivity index (χ0v) is 15.4. The van der Waals surface area contributed by atoms with Crippen molar-refractivity contribution in [1.29, 1.82) is 0 Å². The zero-order chi connectivity index (χ0) is 18.5. The van der Waals surface area contributed by atoms with Gasteiger partial charge >= 0.3 is 0 Å². The Morgan fingerprint density at radius 1 is 1.37 bits per heavy atom. The third-order valence-corrected chi connectivity index (χ3v) is 6.18. The number of nitrogens with one attached hydrogen (secondary N) is 2. The summed E-state index contributed by atoms with van der Waals surface area (Å²) in [6.07, 6.45) is 2.97. The summed E-state index contributed by atoms with van der Waals surface area (Å²) in [7, 11) is 0. The van der Waals surface area contributed by atoms with E-state index in [0.29, 0.717) is 42.4 Å². The van der Waals surface area contributed by atoms with Crippen LogP contribution >= 0.6 is 11.5 Å². The lowest BCUT2D eigenvalue weighted by Gasteiger charge is -2.30. The van der Waals surface area contributed by atoms with Gasteiger partial charge in [0.1, 0.15) is 0 Å². The summed E-state index contributed by atoms with van der Waals surface area (Å²) in [5.41, 5.74) is 8.30. The summed E-state index contributed by atoms with van der Waals surface area (Å²) in [5.74, 6) is -0.126. The molecule has 2 atom stereocenters. The summed E-state index contributed by atoms with van der Waals surface area (Å²) in [6.45, 7) is 1.17.